The Bertz CT molecular complexity index is 1410. The van der Waals surface area contributed by atoms with Gasteiger partial charge in [0.25, 0.3) is 0 Å². The molecule has 0 amide bonds. The second kappa shape index (κ2) is 9.55. The topological polar surface area (TPSA) is 70.2 Å². The first kappa shape index (κ1) is 23.1. The van der Waals surface area contributed by atoms with E-state index in [-0.39, 0.29) is 11.6 Å². The number of hydrogen-bond donors (Lipinski definition) is 3. The summed E-state index contributed by atoms with van der Waals surface area (Å²) in [5.41, 5.74) is 8.17. The van der Waals surface area contributed by atoms with Crippen LogP contribution >= 0.6 is 0 Å². The lowest BCUT2D eigenvalue weighted by molar-refractivity contribution is 0.176. The molecule has 5 rings (SSSR count). The van der Waals surface area contributed by atoms with Crippen LogP contribution in [0.4, 0.5) is 15.8 Å². The highest BCUT2D eigenvalue weighted by Crippen LogP contribution is 2.38. The number of hydrogen-bond acceptors (Lipinski definition) is 4. The van der Waals surface area contributed by atoms with Crippen molar-refractivity contribution in [3.8, 4) is 5.75 Å². The maximum Gasteiger partial charge on any atom is 0.178 e. The van der Waals surface area contributed by atoms with E-state index in [0.717, 1.165) is 47.2 Å². The van der Waals surface area contributed by atoms with Crippen molar-refractivity contribution in [3.63, 3.8) is 0 Å². The highest BCUT2D eigenvalue weighted by Gasteiger charge is 2.25. The van der Waals surface area contributed by atoms with Crippen molar-refractivity contribution in [2.75, 3.05) is 12.4 Å². The molecule has 5 nitrogen and oxygen atoms in total. The van der Waals surface area contributed by atoms with Gasteiger partial charge in [-0.2, -0.15) is 0 Å². The molecule has 35 heavy (non-hydrogen) atoms. The number of rotatable bonds is 8. The molecule has 2 aromatic heterocycles. The smallest absolute Gasteiger partial charge is 0.178 e. The summed E-state index contributed by atoms with van der Waals surface area (Å²) < 4.78 is 20.9. The van der Waals surface area contributed by atoms with Crippen molar-refractivity contribution in [1.29, 1.82) is 0 Å². The van der Waals surface area contributed by atoms with E-state index in [1.165, 1.54) is 18.1 Å². The summed E-state index contributed by atoms with van der Waals surface area (Å²) in [6, 6.07) is 11.8. The number of methoxy groups -OCH3 is 1. The minimum Gasteiger partial charge on any atom is -0.492 e. The van der Waals surface area contributed by atoms with Gasteiger partial charge < -0.3 is 20.1 Å². The number of fused-ring (bicyclic) bond motifs is 2. The van der Waals surface area contributed by atoms with Crippen LogP contribution in [0, 0.1) is 5.82 Å². The third-order valence-corrected chi connectivity index (χ3v) is 6.88. The van der Waals surface area contributed by atoms with Gasteiger partial charge in [-0.1, -0.05) is 30.8 Å². The zero-order valence-electron chi connectivity index (χ0n) is 20.1. The highest BCUT2D eigenvalue weighted by atomic mass is 19.1. The SMILES string of the molecule is C=C(C)c1cccc2c(CCCc3ccc(Nc4ccnc5c4CCC5O)c(OC)c3F)c[nH]c12. The molecule has 0 saturated heterocycles. The van der Waals surface area contributed by atoms with Gasteiger partial charge >= 0.3 is 0 Å². The predicted molar refractivity (Wildman–Crippen MR) is 139 cm³/mol. The molecule has 2 aromatic carbocycles. The number of aliphatic hydroxyl groups is 1. The van der Waals surface area contributed by atoms with Crippen LogP contribution in [-0.2, 0) is 19.3 Å². The third kappa shape index (κ3) is 4.30. The van der Waals surface area contributed by atoms with Crippen LogP contribution < -0.4 is 10.1 Å². The van der Waals surface area contributed by atoms with Crippen molar-refractivity contribution < 1.29 is 14.2 Å². The van der Waals surface area contributed by atoms with Crippen LogP contribution in [-0.4, -0.2) is 22.2 Å². The quantitative estimate of drug-likeness (QED) is 0.269. The first-order valence-electron chi connectivity index (χ1n) is 12.0. The number of anilines is 2. The molecule has 0 radical (unpaired) electrons. The van der Waals surface area contributed by atoms with E-state index in [1.54, 1.807) is 6.20 Å². The van der Waals surface area contributed by atoms with Crippen molar-refractivity contribution in [3.05, 3.63) is 89.1 Å². The molecule has 0 spiro atoms. The molecular formula is C29H30FN3O2. The van der Waals surface area contributed by atoms with Gasteiger partial charge in [0.15, 0.2) is 11.6 Å². The first-order valence-corrected chi connectivity index (χ1v) is 12.0. The van der Waals surface area contributed by atoms with Crippen molar-refractivity contribution in [2.45, 2.75) is 45.1 Å². The van der Waals surface area contributed by atoms with E-state index in [1.807, 2.05) is 31.3 Å². The van der Waals surface area contributed by atoms with Crippen LogP contribution in [0.25, 0.3) is 16.5 Å². The minimum absolute atomic E-state index is 0.199. The van der Waals surface area contributed by atoms with Crippen LogP contribution in [0.1, 0.15) is 53.8 Å². The van der Waals surface area contributed by atoms with Crippen LogP contribution in [0.5, 0.6) is 5.75 Å². The number of nitrogens with zero attached hydrogens (tertiary/aromatic N) is 1. The lowest BCUT2D eigenvalue weighted by atomic mass is 10.00. The molecule has 0 fully saturated rings. The average Bonchev–Trinajstić information content (AvgIpc) is 3.45. The number of aryl methyl sites for hydroxylation is 2. The first-order chi connectivity index (χ1) is 17.0. The van der Waals surface area contributed by atoms with Gasteiger partial charge in [0.1, 0.15) is 0 Å². The van der Waals surface area contributed by atoms with Gasteiger partial charge in [-0.25, -0.2) is 4.39 Å². The van der Waals surface area contributed by atoms with Crippen LogP contribution in [0.3, 0.4) is 0 Å². The molecule has 180 valence electrons. The number of benzene rings is 2. The highest BCUT2D eigenvalue weighted by molar-refractivity contribution is 5.92. The average molecular weight is 472 g/mol. The summed E-state index contributed by atoms with van der Waals surface area (Å²) in [5.74, 6) is -0.142. The number of allylic oxidation sites excluding steroid dienone is 1. The number of aromatic amines is 1. The lowest BCUT2D eigenvalue weighted by Crippen LogP contribution is -2.03. The van der Waals surface area contributed by atoms with E-state index in [9.17, 15) is 5.11 Å². The number of para-hydroxylation sites is 1. The fourth-order valence-electron chi connectivity index (χ4n) is 5.07. The normalized spacial score (nSPS) is 14.8. The Hall–Kier alpha value is -3.64. The van der Waals surface area contributed by atoms with Gasteiger partial charge in [0.2, 0.25) is 0 Å². The zero-order chi connectivity index (χ0) is 24.5. The standard InChI is InChI=1S/C29H30FN3O2/c1-17(2)20-8-5-9-21-19(16-32-27(20)21)7-4-6-18-10-12-24(29(35-3)26(18)30)33-23-14-15-31-28-22(23)11-13-25(28)34/h5,8-10,12,14-16,25,32,34H,1,4,6-7,11,13H2,2-3H3,(H,31,33). The zero-order valence-corrected chi connectivity index (χ0v) is 20.1. The molecule has 3 N–H and O–H groups in total. The molecule has 1 unspecified atom stereocenters. The Labute approximate surface area is 204 Å². The minimum atomic E-state index is -0.544. The van der Waals surface area contributed by atoms with Gasteiger partial charge in [-0.05, 0) is 73.4 Å². The summed E-state index contributed by atoms with van der Waals surface area (Å²) >= 11 is 0. The fraction of sp³-hybridized carbons (Fsp3) is 0.276. The van der Waals surface area contributed by atoms with E-state index < -0.39 is 6.10 Å². The summed E-state index contributed by atoms with van der Waals surface area (Å²) in [4.78, 5) is 7.69. The molecule has 2 heterocycles. The van der Waals surface area contributed by atoms with E-state index in [4.69, 9.17) is 4.74 Å². The summed E-state index contributed by atoms with van der Waals surface area (Å²) in [6.45, 7) is 6.08. The van der Waals surface area contributed by atoms with Crippen molar-refractivity contribution in [2.24, 2.45) is 0 Å². The fourth-order valence-corrected chi connectivity index (χ4v) is 5.07. The molecule has 1 atom stereocenters. The summed E-state index contributed by atoms with van der Waals surface area (Å²) in [5, 5.41) is 14.6. The number of pyridine rings is 1. The number of H-pyrrole nitrogens is 1. The van der Waals surface area contributed by atoms with Gasteiger partial charge in [-0.15, -0.1) is 0 Å². The summed E-state index contributed by atoms with van der Waals surface area (Å²) in [6.07, 6.45) is 6.80. The Morgan fingerprint density at radius 3 is 2.83 bits per heavy atom. The third-order valence-electron chi connectivity index (χ3n) is 6.88. The van der Waals surface area contributed by atoms with Crippen LogP contribution in [0.15, 0.2) is 55.4 Å². The predicted octanol–water partition coefficient (Wildman–Crippen LogP) is 6.64. The molecular weight excluding hydrogens is 441 g/mol. The number of ether oxygens (including phenoxy) is 1. The largest absolute Gasteiger partial charge is 0.492 e. The Balaban J connectivity index is 1.32. The molecule has 1 aliphatic rings. The Morgan fingerprint density at radius 1 is 1.20 bits per heavy atom. The Morgan fingerprint density at radius 2 is 2.03 bits per heavy atom. The maximum atomic E-state index is 15.4. The molecule has 4 aromatic rings. The van der Waals surface area contributed by atoms with Gasteiger partial charge in [-0.3, -0.25) is 4.98 Å². The van der Waals surface area contributed by atoms with E-state index in [0.29, 0.717) is 29.8 Å². The Kier molecular flexibility index (Phi) is 6.31. The monoisotopic (exact) mass is 471 g/mol. The molecule has 6 heteroatoms. The second-order valence-corrected chi connectivity index (χ2v) is 9.20. The molecule has 0 aliphatic heterocycles. The number of aromatic nitrogens is 2. The molecule has 0 bridgehead atoms. The number of nitrogens with one attached hydrogen (secondary N) is 2. The van der Waals surface area contributed by atoms with Gasteiger partial charge in [0.05, 0.1) is 30.1 Å². The van der Waals surface area contributed by atoms with Crippen molar-refractivity contribution in [1.82, 2.24) is 9.97 Å². The van der Waals surface area contributed by atoms with Crippen molar-refractivity contribution >= 4 is 27.9 Å². The van der Waals surface area contributed by atoms with E-state index >= 15 is 4.39 Å². The number of aliphatic hydroxyl groups excluding tert-OH is 1. The maximum absolute atomic E-state index is 15.4. The molecule has 1 aliphatic carbocycles. The van der Waals surface area contributed by atoms with Gasteiger partial charge in [0, 0.05) is 29.0 Å². The lowest BCUT2D eigenvalue weighted by Gasteiger charge is -2.16. The molecule has 0 saturated carbocycles. The summed E-state index contributed by atoms with van der Waals surface area (Å²) in [7, 11) is 1.49. The second-order valence-electron chi connectivity index (χ2n) is 9.20. The number of halogens is 1. The van der Waals surface area contributed by atoms with E-state index in [2.05, 4.69) is 40.1 Å². The van der Waals surface area contributed by atoms with Crippen LogP contribution in [0.2, 0.25) is 0 Å².